The minimum Gasteiger partial charge on any atom is -0.367 e. The molecule has 0 aromatic carbocycles. The number of fused-ring (bicyclic) bond motifs is 1. The van der Waals surface area contributed by atoms with Gasteiger partial charge in [-0.05, 0) is 38.3 Å². The van der Waals surface area contributed by atoms with Gasteiger partial charge in [0.1, 0.15) is 11.5 Å². The van der Waals surface area contributed by atoms with Crippen molar-refractivity contribution in [3.8, 4) is 0 Å². The number of aromatic amines is 1. The third kappa shape index (κ3) is 2.47. The minimum absolute atomic E-state index is 0.555. The van der Waals surface area contributed by atoms with Gasteiger partial charge in [-0.3, -0.25) is 0 Å². The molecule has 3 N–H and O–H groups in total. The van der Waals surface area contributed by atoms with E-state index in [1.807, 2.05) is 31.5 Å². The fraction of sp³-hybridized carbons (Fsp3) is 0.312. The molecule has 0 amide bonds. The molecule has 0 unspecified atom stereocenters. The molecule has 3 aromatic heterocycles. The molecule has 1 aliphatic carbocycles. The van der Waals surface area contributed by atoms with Crippen molar-refractivity contribution in [2.24, 2.45) is 0 Å². The first-order valence-electron chi connectivity index (χ1n) is 7.58. The molecule has 0 saturated heterocycles. The topological polar surface area (TPSA) is 78.5 Å². The Morgan fingerprint density at radius 1 is 1.23 bits per heavy atom. The number of anilines is 3. The van der Waals surface area contributed by atoms with Crippen LogP contribution in [0.4, 0.5) is 17.5 Å². The van der Waals surface area contributed by atoms with E-state index in [0.29, 0.717) is 12.0 Å². The number of hydrogen-bond acceptors (Lipinski definition) is 5. The molecule has 6 nitrogen and oxygen atoms in total. The van der Waals surface area contributed by atoms with E-state index in [0.717, 1.165) is 28.1 Å². The molecular formula is C16H18N6. The Morgan fingerprint density at radius 3 is 2.95 bits per heavy atom. The minimum atomic E-state index is 0.555. The van der Waals surface area contributed by atoms with Crippen LogP contribution in [0.1, 0.15) is 24.8 Å². The summed E-state index contributed by atoms with van der Waals surface area (Å²) in [5.41, 5.74) is 2.82. The molecular weight excluding hydrogens is 276 g/mol. The number of nitrogens with zero attached hydrogens (tertiary/aromatic N) is 3. The molecule has 0 bridgehead atoms. The van der Waals surface area contributed by atoms with Crippen molar-refractivity contribution in [1.82, 2.24) is 19.9 Å². The van der Waals surface area contributed by atoms with Crippen molar-refractivity contribution in [1.29, 1.82) is 0 Å². The molecule has 6 heteroatoms. The monoisotopic (exact) mass is 294 g/mol. The predicted octanol–water partition coefficient (Wildman–Crippen LogP) is 3.37. The van der Waals surface area contributed by atoms with Crippen LogP contribution in [-0.2, 0) is 0 Å². The summed E-state index contributed by atoms with van der Waals surface area (Å²) < 4.78 is 0. The maximum absolute atomic E-state index is 4.59. The van der Waals surface area contributed by atoms with E-state index < -0.39 is 0 Å². The van der Waals surface area contributed by atoms with E-state index in [1.54, 1.807) is 6.20 Å². The lowest BCUT2D eigenvalue weighted by Gasteiger charge is -2.27. The number of H-pyrrole nitrogens is 1. The van der Waals surface area contributed by atoms with Crippen LogP contribution in [0.25, 0.3) is 11.0 Å². The second kappa shape index (κ2) is 5.29. The van der Waals surface area contributed by atoms with Crippen LogP contribution >= 0.6 is 0 Å². The highest BCUT2D eigenvalue weighted by molar-refractivity contribution is 5.79. The van der Waals surface area contributed by atoms with E-state index in [-0.39, 0.29) is 0 Å². The maximum Gasteiger partial charge on any atom is 0.229 e. The van der Waals surface area contributed by atoms with Crippen molar-refractivity contribution in [2.75, 3.05) is 10.6 Å². The van der Waals surface area contributed by atoms with Crippen LogP contribution in [0.2, 0.25) is 0 Å². The Balaban J connectivity index is 1.57. The van der Waals surface area contributed by atoms with Crippen LogP contribution in [0.5, 0.6) is 0 Å². The molecule has 0 spiro atoms. The Morgan fingerprint density at radius 2 is 2.14 bits per heavy atom. The SMILES string of the molecule is Cc1cnc(Nc2cnc3[nH]ccc3c2)nc1NC1CCC1. The smallest absolute Gasteiger partial charge is 0.229 e. The molecule has 1 fully saturated rings. The summed E-state index contributed by atoms with van der Waals surface area (Å²) in [5, 5.41) is 7.77. The zero-order chi connectivity index (χ0) is 14.9. The van der Waals surface area contributed by atoms with Crippen LogP contribution in [0.15, 0.2) is 30.7 Å². The second-order valence-corrected chi connectivity index (χ2v) is 5.76. The zero-order valence-electron chi connectivity index (χ0n) is 12.4. The molecule has 1 aliphatic rings. The highest BCUT2D eigenvalue weighted by Crippen LogP contribution is 2.25. The predicted molar refractivity (Wildman–Crippen MR) is 87.4 cm³/mol. The highest BCUT2D eigenvalue weighted by atomic mass is 15.2. The quantitative estimate of drug-likeness (QED) is 0.687. The van der Waals surface area contributed by atoms with Crippen molar-refractivity contribution < 1.29 is 0 Å². The van der Waals surface area contributed by atoms with Crippen LogP contribution in [0.3, 0.4) is 0 Å². The molecule has 1 saturated carbocycles. The number of aryl methyl sites for hydroxylation is 1. The number of aromatic nitrogens is 4. The molecule has 4 rings (SSSR count). The Labute approximate surface area is 128 Å². The average Bonchev–Trinajstić information content (AvgIpc) is 2.93. The maximum atomic E-state index is 4.59. The largest absolute Gasteiger partial charge is 0.367 e. The standard InChI is InChI=1S/C16H18N6/c1-10-8-19-16(22-14(10)20-12-3-2-4-12)21-13-7-11-5-6-17-15(11)18-9-13/h5-9,12H,2-4H2,1H3,(H,17,18)(H2,19,20,21,22). The number of rotatable bonds is 4. The van der Waals surface area contributed by atoms with Gasteiger partial charge in [-0.1, -0.05) is 0 Å². The van der Waals surface area contributed by atoms with Crippen LogP contribution in [0, 0.1) is 6.92 Å². The summed E-state index contributed by atoms with van der Waals surface area (Å²) in [6.45, 7) is 2.03. The van der Waals surface area contributed by atoms with E-state index >= 15 is 0 Å². The summed E-state index contributed by atoms with van der Waals surface area (Å²) in [6.07, 6.45) is 9.25. The van der Waals surface area contributed by atoms with Crippen LogP contribution in [-0.4, -0.2) is 26.0 Å². The summed E-state index contributed by atoms with van der Waals surface area (Å²) in [7, 11) is 0. The Bertz CT molecular complexity index is 805. The van der Waals surface area contributed by atoms with Crippen molar-refractivity contribution >= 4 is 28.5 Å². The van der Waals surface area contributed by atoms with Crippen molar-refractivity contribution in [2.45, 2.75) is 32.2 Å². The molecule has 3 aromatic rings. The lowest BCUT2D eigenvalue weighted by atomic mass is 9.93. The molecule has 0 atom stereocenters. The highest BCUT2D eigenvalue weighted by Gasteiger charge is 2.18. The third-order valence-corrected chi connectivity index (χ3v) is 4.07. The fourth-order valence-electron chi connectivity index (χ4n) is 2.53. The first kappa shape index (κ1) is 13.1. The van der Waals surface area contributed by atoms with Gasteiger partial charge >= 0.3 is 0 Å². The number of hydrogen-bond donors (Lipinski definition) is 3. The number of pyridine rings is 1. The van der Waals surface area contributed by atoms with E-state index in [4.69, 9.17) is 0 Å². The van der Waals surface area contributed by atoms with Crippen molar-refractivity contribution in [3.05, 3.63) is 36.3 Å². The molecule has 0 radical (unpaired) electrons. The second-order valence-electron chi connectivity index (χ2n) is 5.76. The van der Waals surface area contributed by atoms with Gasteiger partial charge in [0.05, 0.1) is 11.9 Å². The molecule has 112 valence electrons. The lowest BCUT2D eigenvalue weighted by molar-refractivity contribution is 0.444. The van der Waals surface area contributed by atoms with Crippen molar-refractivity contribution in [3.63, 3.8) is 0 Å². The van der Waals surface area contributed by atoms with Crippen LogP contribution < -0.4 is 10.6 Å². The normalized spacial score (nSPS) is 14.8. The average molecular weight is 294 g/mol. The van der Waals surface area contributed by atoms with Gasteiger partial charge in [0, 0.05) is 29.4 Å². The summed E-state index contributed by atoms with van der Waals surface area (Å²) in [4.78, 5) is 16.4. The Kier molecular flexibility index (Phi) is 3.14. The molecule has 3 heterocycles. The van der Waals surface area contributed by atoms with Gasteiger partial charge in [-0.15, -0.1) is 0 Å². The van der Waals surface area contributed by atoms with E-state index in [9.17, 15) is 0 Å². The summed E-state index contributed by atoms with van der Waals surface area (Å²) in [5.74, 6) is 1.50. The van der Waals surface area contributed by atoms with E-state index in [1.165, 1.54) is 19.3 Å². The number of nitrogens with one attached hydrogen (secondary N) is 3. The third-order valence-electron chi connectivity index (χ3n) is 4.07. The van der Waals surface area contributed by atoms with Gasteiger partial charge in [0.25, 0.3) is 0 Å². The fourth-order valence-corrected chi connectivity index (χ4v) is 2.53. The molecule has 22 heavy (non-hydrogen) atoms. The lowest BCUT2D eigenvalue weighted by Crippen LogP contribution is -2.28. The first-order chi connectivity index (χ1) is 10.8. The summed E-state index contributed by atoms with van der Waals surface area (Å²) in [6, 6.07) is 4.58. The zero-order valence-corrected chi connectivity index (χ0v) is 12.4. The van der Waals surface area contributed by atoms with Gasteiger partial charge in [-0.25, -0.2) is 9.97 Å². The van der Waals surface area contributed by atoms with Gasteiger partial charge in [0.2, 0.25) is 5.95 Å². The Hall–Kier alpha value is -2.63. The summed E-state index contributed by atoms with van der Waals surface area (Å²) >= 11 is 0. The molecule has 0 aliphatic heterocycles. The first-order valence-corrected chi connectivity index (χ1v) is 7.58. The van der Waals surface area contributed by atoms with Gasteiger partial charge in [0.15, 0.2) is 0 Å². The van der Waals surface area contributed by atoms with Gasteiger partial charge in [-0.2, -0.15) is 4.98 Å². The van der Waals surface area contributed by atoms with E-state index in [2.05, 4.69) is 30.6 Å². The van der Waals surface area contributed by atoms with Gasteiger partial charge < -0.3 is 15.6 Å².